The zero-order valence-corrected chi connectivity index (χ0v) is 4.61. The van der Waals surface area contributed by atoms with Gasteiger partial charge in [0.2, 0.25) is 0 Å². The molecule has 0 radical (unpaired) electrons. The molecule has 7 heavy (non-hydrogen) atoms. The van der Waals surface area contributed by atoms with Crippen LogP contribution in [0, 0.1) is 0 Å². The molecule has 0 aliphatic heterocycles. The van der Waals surface area contributed by atoms with Gasteiger partial charge in [0.15, 0.2) is 0 Å². The van der Waals surface area contributed by atoms with Crippen LogP contribution in [0.5, 0.6) is 0 Å². The van der Waals surface area contributed by atoms with Crippen molar-refractivity contribution in [3.8, 4) is 0 Å². The number of hydrogen-bond acceptors (Lipinski definition) is 1. The summed E-state index contributed by atoms with van der Waals surface area (Å²) in [4.78, 5) is 10.3. The van der Waals surface area contributed by atoms with Crippen molar-refractivity contribution in [3.05, 3.63) is 12.7 Å². The van der Waals surface area contributed by atoms with E-state index in [9.17, 15) is 4.79 Å². The molecule has 0 saturated carbocycles. The molecule has 0 saturated heterocycles. The van der Waals surface area contributed by atoms with E-state index in [2.05, 4.69) is 6.58 Å². The number of allylic oxidation sites excluding steroid dienone is 1. The first-order valence-corrected chi connectivity index (χ1v) is 2.43. The Kier molecular flexibility index (Phi) is 3.29. The average molecular weight is 98.1 g/mol. The third kappa shape index (κ3) is 3.23. The molecule has 0 N–H and O–H groups in total. The number of Topliss-reactive ketones (excluding diaryl/α,β-unsaturated/α-hetero) is 1. The van der Waals surface area contributed by atoms with Gasteiger partial charge >= 0.3 is 0 Å². The number of carbonyl (C=O) groups is 1. The second-order valence-electron chi connectivity index (χ2n) is 1.39. The smallest absolute Gasteiger partial charge is 0.136 e. The molecule has 1 nitrogen and oxygen atoms in total. The van der Waals surface area contributed by atoms with Crippen LogP contribution in [0.4, 0.5) is 0 Å². The van der Waals surface area contributed by atoms with Crippen LogP contribution in [0.3, 0.4) is 0 Å². The Balaban J connectivity index is 3.17. The summed E-state index contributed by atoms with van der Waals surface area (Å²) in [5, 5.41) is 0. The Morgan fingerprint density at radius 1 is 1.86 bits per heavy atom. The lowest BCUT2D eigenvalue weighted by molar-refractivity contribution is -0.117. The summed E-state index contributed by atoms with van der Waals surface area (Å²) in [6, 6.07) is 0. The molecule has 0 aromatic heterocycles. The van der Waals surface area contributed by atoms with E-state index in [1.807, 2.05) is 6.92 Å². The quantitative estimate of drug-likeness (QED) is 0.489. The molecule has 0 amide bonds. The monoisotopic (exact) mass is 98.1 g/mol. The maximum atomic E-state index is 10.3. The van der Waals surface area contributed by atoms with Gasteiger partial charge in [0.25, 0.3) is 0 Å². The van der Waals surface area contributed by atoms with Gasteiger partial charge in [-0.3, -0.25) is 4.79 Å². The van der Waals surface area contributed by atoms with Gasteiger partial charge in [-0.2, -0.15) is 0 Å². The summed E-state index contributed by atoms with van der Waals surface area (Å²) in [6.07, 6.45) is 2.79. The first kappa shape index (κ1) is 6.41. The average Bonchev–Trinajstić information content (AvgIpc) is 1.68. The lowest BCUT2D eigenvalue weighted by Gasteiger charge is -1.83. The Bertz CT molecular complexity index is 74.2. The number of rotatable bonds is 3. The van der Waals surface area contributed by atoms with Gasteiger partial charge in [-0.15, -0.1) is 6.58 Å². The third-order valence-corrected chi connectivity index (χ3v) is 0.766. The molecule has 0 aromatic rings. The Morgan fingerprint density at radius 3 is 2.57 bits per heavy atom. The van der Waals surface area contributed by atoms with Crippen LogP contribution in [0.15, 0.2) is 12.7 Å². The van der Waals surface area contributed by atoms with E-state index < -0.39 is 0 Å². The Hall–Kier alpha value is -0.590. The molecule has 0 heterocycles. The normalized spacial score (nSPS) is 8.14. The Morgan fingerprint density at radius 2 is 2.43 bits per heavy atom. The molecule has 40 valence electrons. The van der Waals surface area contributed by atoms with Crippen LogP contribution in [0.25, 0.3) is 0 Å². The first-order chi connectivity index (χ1) is 3.31. The highest BCUT2D eigenvalue weighted by Crippen LogP contribution is 1.86. The molecule has 1 heteroatoms. The summed E-state index contributed by atoms with van der Waals surface area (Å²) >= 11 is 0. The third-order valence-electron chi connectivity index (χ3n) is 0.766. The minimum absolute atomic E-state index is 0.259. The van der Waals surface area contributed by atoms with Gasteiger partial charge in [-0.25, -0.2) is 0 Å². The van der Waals surface area contributed by atoms with Crippen molar-refractivity contribution in [2.24, 2.45) is 0 Å². The van der Waals surface area contributed by atoms with E-state index in [-0.39, 0.29) is 5.78 Å². The molecule has 0 rings (SSSR count). The fraction of sp³-hybridized carbons (Fsp3) is 0.500. The second kappa shape index (κ2) is 3.59. The zero-order valence-electron chi connectivity index (χ0n) is 4.61. The number of carbonyl (C=O) groups excluding carboxylic acids is 1. The summed E-state index contributed by atoms with van der Waals surface area (Å²) in [5.74, 6) is 0.259. The highest BCUT2D eigenvalue weighted by Gasteiger charge is 1.89. The predicted octanol–water partition coefficient (Wildman–Crippen LogP) is 1.54. The second-order valence-corrected chi connectivity index (χ2v) is 1.39. The van der Waals surface area contributed by atoms with Crippen LogP contribution >= 0.6 is 0 Å². The summed E-state index contributed by atoms with van der Waals surface area (Å²) < 4.78 is 0. The van der Waals surface area contributed by atoms with Crippen LogP contribution in [-0.4, -0.2) is 5.78 Å². The summed E-state index contributed by atoms with van der Waals surface area (Å²) in [6.45, 7) is 5.28. The van der Waals surface area contributed by atoms with Crippen molar-refractivity contribution >= 4 is 5.78 Å². The molecule has 0 aromatic carbocycles. The molecule has 0 atom stereocenters. The SMILES string of the molecule is C=CCC(=O)CC. The molecular formula is C6H10O. The highest BCUT2D eigenvalue weighted by molar-refractivity contribution is 5.79. The van der Waals surface area contributed by atoms with Crippen molar-refractivity contribution < 1.29 is 4.79 Å². The molecule has 0 aliphatic rings. The molecular weight excluding hydrogens is 88.1 g/mol. The fourth-order valence-corrected chi connectivity index (χ4v) is 0.305. The number of ketones is 1. The van der Waals surface area contributed by atoms with Crippen molar-refractivity contribution in [2.75, 3.05) is 0 Å². The lowest BCUT2D eigenvalue weighted by atomic mass is 10.2. The van der Waals surface area contributed by atoms with Gasteiger partial charge in [0.1, 0.15) is 5.78 Å². The Labute approximate surface area is 44.0 Å². The lowest BCUT2D eigenvalue weighted by Crippen LogP contribution is -1.89. The summed E-state index contributed by atoms with van der Waals surface area (Å²) in [7, 11) is 0. The van der Waals surface area contributed by atoms with E-state index in [1.165, 1.54) is 0 Å². The zero-order chi connectivity index (χ0) is 5.70. The van der Waals surface area contributed by atoms with E-state index in [0.29, 0.717) is 12.8 Å². The fourth-order valence-electron chi connectivity index (χ4n) is 0.305. The minimum atomic E-state index is 0.259. The topological polar surface area (TPSA) is 17.1 Å². The van der Waals surface area contributed by atoms with Crippen LogP contribution < -0.4 is 0 Å². The van der Waals surface area contributed by atoms with Gasteiger partial charge in [0, 0.05) is 12.8 Å². The van der Waals surface area contributed by atoms with E-state index in [1.54, 1.807) is 6.08 Å². The van der Waals surface area contributed by atoms with Crippen molar-refractivity contribution in [1.82, 2.24) is 0 Å². The van der Waals surface area contributed by atoms with Crippen LogP contribution in [0.1, 0.15) is 19.8 Å². The minimum Gasteiger partial charge on any atom is -0.299 e. The molecule has 0 bridgehead atoms. The largest absolute Gasteiger partial charge is 0.299 e. The molecule has 0 spiro atoms. The van der Waals surface area contributed by atoms with Gasteiger partial charge in [0.05, 0.1) is 0 Å². The number of hydrogen-bond donors (Lipinski definition) is 0. The highest BCUT2D eigenvalue weighted by atomic mass is 16.1. The van der Waals surface area contributed by atoms with E-state index in [4.69, 9.17) is 0 Å². The van der Waals surface area contributed by atoms with Gasteiger partial charge in [-0.05, 0) is 0 Å². The molecule has 0 fully saturated rings. The van der Waals surface area contributed by atoms with Crippen molar-refractivity contribution in [3.63, 3.8) is 0 Å². The standard InChI is InChI=1S/C6H10O/c1-3-5-6(7)4-2/h3H,1,4-5H2,2H3. The predicted molar refractivity (Wildman–Crippen MR) is 30.1 cm³/mol. The summed E-state index contributed by atoms with van der Waals surface area (Å²) in [5.41, 5.74) is 0. The maximum Gasteiger partial charge on any atom is 0.136 e. The van der Waals surface area contributed by atoms with Gasteiger partial charge in [-0.1, -0.05) is 13.0 Å². The molecule has 0 unspecified atom stereocenters. The molecule has 0 aliphatic carbocycles. The van der Waals surface area contributed by atoms with Gasteiger partial charge < -0.3 is 0 Å². The van der Waals surface area contributed by atoms with Crippen LogP contribution in [-0.2, 0) is 4.79 Å². The van der Waals surface area contributed by atoms with Crippen LogP contribution in [0.2, 0.25) is 0 Å². The van der Waals surface area contributed by atoms with Crippen molar-refractivity contribution in [1.29, 1.82) is 0 Å². The van der Waals surface area contributed by atoms with Crippen molar-refractivity contribution in [2.45, 2.75) is 19.8 Å². The van der Waals surface area contributed by atoms with E-state index in [0.717, 1.165) is 0 Å². The van der Waals surface area contributed by atoms with E-state index >= 15 is 0 Å². The first-order valence-electron chi connectivity index (χ1n) is 2.43. The maximum absolute atomic E-state index is 10.3.